The molecule has 0 saturated heterocycles. The number of nitrogens with zero attached hydrogens (tertiary/aromatic N) is 1. The van der Waals surface area contributed by atoms with E-state index in [0.29, 0.717) is 54.9 Å². The molecule has 0 aliphatic heterocycles. The molecule has 6 heteroatoms. The number of carbonyl (C=O) groups is 2. The van der Waals surface area contributed by atoms with E-state index in [-0.39, 0.29) is 40.8 Å². The second-order valence-corrected chi connectivity index (χ2v) is 21.2. The summed E-state index contributed by atoms with van der Waals surface area (Å²) >= 11 is 0. The van der Waals surface area contributed by atoms with Crippen LogP contribution >= 0.6 is 0 Å². The van der Waals surface area contributed by atoms with Crippen molar-refractivity contribution < 1.29 is 19.8 Å². The Morgan fingerprint density at radius 2 is 1.57 bits per heavy atom. The predicted molar refractivity (Wildman–Crippen MR) is 213 cm³/mol. The van der Waals surface area contributed by atoms with Gasteiger partial charge in [-0.3, -0.25) is 4.79 Å². The fourth-order valence-corrected chi connectivity index (χ4v) is 15.3. The van der Waals surface area contributed by atoms with Gasteiger partial charge in [-0.05, 0) is 130 Å². The van der Waals surface area contributed by atoms with E-state index in [0.717, 1.165) is 81.3 Å². The lowest BCUT2D eigenvalue weighted by molar-refractivity contribution is -0.179. The molecule has 0 aromatic heterocycles. The highest BCUT2D eigenvalue weighted by molar-refractivity contribution is 6.00. The largest absolute Gasteiger partial charge is 0.393 e. The van der Waals surface area contributed by atoms with E-state index in [2.05, 4.69) is 70.3 Å². The third kappa shape index (κ3) is 5.16. The normalized spacial score (nSPS) is 44.9. The standard InChI is InChI=1S/C48H68N2O4/c1-31(32-12-8-6-9-13-32)49-42(53)50(29-34-16-17-35-26-37(34)43(35,2)3)30-47(54)23-20-40-45(47,5)22-19-39-44(4)21-18-36(51)27-46(44)24-25-48(39,40)38(28-46)41(52)33-14-10-7-11-15-33/h6,8-9,12-13,24-25,28,31,33-37,39-40,51,54H,7,10-11,14-23,26-27,29-30H2,1-5H3,(H,49,53)/t31-,34+,35+,36?,37+,39-,40-,44-,45+,46+,47-,48-/m1/s1. The lowest BCUT2D eigenvalue weighted by atomic mass is 9.32. The molecule has 2 amide bonds. The van der Waals surface area contributed by atoms with Gasteiger partial charge in [0.2, 0.25) is 0 Å². The average molecular weight is 737 g/mol. The molecule has 294 valence electrons. The molecule has 0 radical (unpaired) electrons. The molecule has 7 saturated carbocycles. The van der Waals surface area contributed by atoms with Crippen molar-refractivity contribution in [2.45, 2.75) is 149 Å². The number of aliphatic hydroxyl groups is 2. The maximum absolute atomic E-state index is 15.0. The molecule has 7 fully saturated rings. The van der Waals surface area contributed by atoms with E-state index >= 15 is 4.79 Å². The van der Waals surface area contributed by atoms with Gasteiger partial charge in [0, 0.05) is 34.3 Å². The highest BCUT2D eigenvalue weighted by Gasteiger charge is 2.74. The molecule has 3 N–H and O–H groups in total. The number of amides is 2. The van der Waals surface area contributed by atoms with Gasteiger partial charge in [-0.1, -0.05) is 95.5 Å². The van der Waals surface area contributed by atoms with Crippen molar-refractivity contribution in [1.82, 2.24) is 10.2 Å². The molecule has 11 rings (SSSR count). The molecule has 12 atom stereocenters. The van der Waals surface area contributed by atoms with Gasteiger partial charge in [0.25, 0.3) is 0 Å². The van der Waals surface area contributed by atoms with Crippen molar-refractivity contribution in [3.8, 4) is 0 Å². The van der Waals surface area contributed by atoms with Gasteiger partial charge in [-0.15, -0.1) is 0 Å². The molecule has 10 aliphatic rings. The summed E-state index contributed by atoms with van der Waals surface area (Å²) in [5.41, 5.74) is 0.142. The van der Waals surface area contributed by atoms with Crippen LogP contribution in [0.4, 0.5) is 4.79 Å². The third-order valence-corrected chi connectivity index (χ3v) is 18.8. The van der Waals surface area contributed by atoms with Crippen LogP contribution in [0.3, 0.4) is 0 Å². The summed E-state index contributed by atoms with van der Waals surface area (Å²) in [6, 6.07) is 10.00. The summed E-state index contributed by atoms with van der Waals surface area (Å²) in [7, 11) is 0. The number of allylic oxidation sites excluding steroid dienone is 4. The summed E-state index contributed by atoms with van der Waals surface area (Å²) in [5, 5.41) is 27.8. The molecule has 1 aromatic carbocycles. The second kappa shape index (κ2) is 12.8. The summed E-state index contributed by atoms with van der Waals surface area (Å²) in [6.07, 6.45) is 21.8. The van der Waals surface area contributed by atoms with Gasteiger partial charge in [0.1, 0.15) is 0 Å². The van der Waals surface area contributed by atoms with Crippen LogP contribution < -0.4 is 5.32 Å². The number of Topliss-reactive ketones (excluding diaryl/α,β-unsaturated/α-hetero) is 1. The zero-order valence-electron chi connectivity index (χ0n) is 33.9. The number of hydrogen-bond acceptors (Lipinski definition) is 4. The van der Waals surface area contributed by atoms with Crippen molar-refractivity contribution in [3.05, 3.63) is 59.7 Å². The predicted octanol–water partition coefficient (Wildman–Crippen LogP) is 9.57. The van der Waals surface area contributed by atoms with Crippen LogP contribution in [0.1, 0.15) is 143 Å². The Balaban J connectivity index is 1.07. The van der Waals surface area contributed by atoms with Crippen LogP contribution in [0.25, 0.3) is 0 Å². The molecule has 1 unspecified atom stereocenters. The van der Waals surface area contributed by atoms with Crippen LogP contribution in [0.15, 0.2) is 54.1 Å². The maximum atomic E-state index is 15.0. The molecular formula is C48H68N2O4. The first kappa shape index (κ1) is 37.2. The number of aliphatic hydroxyl groups excluding tert-OH is 1. The number of benzene rings is 1. The van der Waals surface area contributed by atoms with Gasteiger partial charge in [0.15, 0.2) is 5.78 Å². The van der Waals surface area contributed by atoms with Gasteiger partial charge in [-0.2, -0.15) is 0 Å². The minimum Gasteiger partial charge on any atom is -0.393 e. The summed E-state index contributed by atoms with van der Waals surface area (Å²) < 4.78 is 0. The number of rotatable bonds is 8. The molecule has 54 heavy (non-hydrogen) atoms. The van der Waals surface area contributed by atoms with Crippen molar-refractivity contribution in [3.63, 3.8) is 0 Å². The van der Waals surface area contributed by atoms with Gasteiger partial charge in [0.05, 0.1) is 24.3 Å². The van der Waals surface area contributed by atoms with Crippen molar-refractivity contribution >= 4 is 11.8 Å². The number of carbonyl (C=O) groups excluding carboxylic acids is 2. The summed E-state index contributed by atoms with van der Waals surface area (Å²) in [4.78, 5) is 31.6. The average Bonchev–Trinajstić information content (AvgIpc) is 3.44. The van der Waals surface area contributed by atoms with Crippen LogP contribution in [0, 0.1) is 62.6 Å². The lowest BCUT2D eigenvalue weighted by Crippen LogP contribution is -2.68. The Labute approximate surface area is 325 Å². The second-order valence-electron chi connectivity index (χ2n) is 21.2. The Morgan fingerprint density at radius 3 is 2.30 bits per heavy atom. The Kier molecular flexibility index (Phi) is 8.80. The lowest BCUT2D eigenvalue weighted by Gasteiger charge is -2.71. The Hall–Kier alpha value is -2.44. The SMILES string of the molecule is C[C@@H](NC(=O)N(C[C@@H]1CC[C@H]2C[C@@H]1C2(C)C)C[C@]1(O)CC[C@H]2[C@]34C=C[C@@]5(C=C3C(=O)C3CCCCC3)CC(O)CC[C@]5(C)[C@H]4CC[C@@]21C)c1ccccc1. The number of fused-ring (bicyclic) bond motifs is 3. The van der Waals surface area contributed by atoms with E-state index in [4.69, 9.17) is 0 Å². The number of urea groups is 1. The minimum absolute atomic E-state index is 0.0344. The molecule has 4 bridgehead atoms. The monoisotopic (exact) mass is 737 g/mol. The highest BCUT2D eigenvalue weighted by atomic mass is 16.3. The van der Waals surface area contributed by atoms with E-state index in [1.54, 1.807) is 0 Å². The smallest absolute Gasteiger partial charge is 0.317 e. The number of hydrogen-bond donors (Lipinski definition) is 3. The highest BCUT2D eigenvalue weighted by Crippen LogP contribution is 2.78. The third-order valence-electron chi connectivity index (χ3n) is 18.8. The van der Waals surface area contributed by atoms with Crippen LogP contribution in [0.5, 0.6) is 0 Å². The van der Waals surface area contributed by atoms with Crippen LogP contribution in [0.2, 0.25) is 0 Å². The van der Waals surface area contributed by atoms with E-state index < -0.39 is 16.4 Å². The van der Waals surface area contributed by atoms with Crippen molar-refractivity contribution in [1.29, 1.82) is 0 Å². The summed E-state index contributed by atoms with van der Waals surface area (Å²) in [5.74, 6) is 2.68. The zero-order valence-corrected chi connectivity index (χ0v) is 33.9. The first-order chi connectivity index (χ1) is 25.7. The number of ketones is 1. The first-order valence-corrected chi connectivity index (χ1v) is 22.2. The molecule has 2 spiro atoms. The first-order valence-electron chi connectivity index (χ1n) is 22.2. The number of nitrogens with one attached hydrogen (secondary N) is 1. The van der Waals surface area contributed by atoms with Gasteiger partial charge >= 0.3 is 6.03 Å². The van der Waals surface area contributed by atoms with Crippen LogP contribution in [-0.2, 0) is 4.79 Å². The van der Waals surface area contributed by atoms with E-state index in [1.807, 2.05) is 23.1 Å². The van der Waals surface area contributed by atoms with Crippen molar-refractivity contribution in [2.75, 3.05) is 13.1 Å². The zero-order chi connectivity index (χ0) is 37.9. The minimum atomic E-state index is -1.07. The molecule has 10 aliphatic carbocycles. The van der Waals surface area contributed by atoms with Gasteiger partial charge in [-0.25, -0.2) is 4.79 Å². The quantitative estimate of drug-likeness (QED) is 0.232. The van der Waals surface area contributed by atoms with E-state index in [1.165, 1.54) is 19.3 Å². The molecule has 0 heterocycles. The molecule has 1 aromatic rings. The fourth-order valence-electron chi connectivity index (χ4n) is 15.3. The maximum Gasteiger partial charge on any atom is 0.317 e. The van der Waals surface area contributed by atoms with Gasteiger partial charge < -0.3 is 20.4 Å². The topological polar surface area (TPSA) is 89.9 Å². The Morgan fingerprint density at radius 1 is 0.870 bits per heavy atom. The van der Waals surface area contributed by atoms with Crippen LogP contribution in [-0.4, -0.2) is 51.7 Å². The van der Waals surface area contributed by atoms with E-state index in [9.17, 15) is 15.0 Å². The Bertz CT molecular complexity index is 1710. The molecular weight excluding hydrogens is 669 g/mol. The van der Waals surface area contributed by atoms with Crippen molar-refractivity contribution in [2.24, 2.45) is 62.6 Å². The fraction of sp³-hybridized carbons (Fsp3) is 0.750. The molecule has 6 nitrogen and oxygen atoms in total. The summed E-state index contributed by atoms with van der Waals surface area (Å²) in [6.45, 7) is 12.7.